The van der Waals surface area contributed by atoms with Gasteiger partial charge in [0, 0.05) is 26.2 Å². The number of nitrogens with zero attached hydrogens (tertiary/aromatic N) is 2. The number of nitriles is 1. The third-order valence-corrected chi connectivity index (χ3v) is 3.20. The van der Waals surface area contributed by atoms with E-state index < -0.39 is 12.2 Å². The quantitative estimate of drug-likeness (QED) is 0.893. The van der Waals surface area contributed by atoms with Gasteiger partial charge in [0.1, 0.15) is 6.04 Å². The summed E-state index contributed by atoms with van der Waals surface area (Å²) < 4.78 is 40.0. The molecule has 1 heterocycles. The molecule has 1 N–H and O–H groups in total. The number of alkyl halides is 3. The van der Waals surface area contributed by atoms with Crippen LogP contribution in [0.15, 0.2) is 24.3 Å². The summed E-state index contributed by atoms with van der Waals surface area (Å²) >= 11 is 0. The van der Waals surface area contributed by atoms with Gasteiger partial charge in [0.25, 0.3) is 0 Å². The summed E-state index contributed by atoms with van der Waals surface area (Å²) in [4.78, 5) is 1.38. The van der Waals surface area contributed by atoms with Crippen molar-refractivity contribution in [3.05, 3.63) is 35.4 Å². The van der Waals surface area contributed by atoms with E-state index in [2.05, 4.69) is 5.32 Å². The van der Waals surface area contributed by atoms with E-state index in [0.717, 1.165) is 0 Å². The highest BCUT2D eigenvalue weighted by atomic mass is 19.4. The maximum absolute atomic E-state index is 13.3. The summed E-state index contributed by atoms with van der Waals surface area (Å²) in [6.45, 7) is 1.70. The highest BCUT2D eigenvalue weighted by Crippen LogP contribution is 2.38. The van der Waals surface area contributed by atoms with Gasteiger partial charge < -0.3 is 5.32 Å². The Balaban J connectivity index is 2.40. The number of halogens is 3. The second kappa shape index (κ2) is 5.59. The van der Waals surface area contributed by atoms with Crippen LogP contribution in [0.2, 0.25) is 0 Å². The van der Waals surface area contributed by atoms with Gasteiger partial charge in [-0.25, -0.2) is 0 Å². The lowest BCUT2D eigenvalue weighted by molar-refractivity contribution is -0.187. The number of rotatable bonds is 2. The minimum Gasteiger partial charge on any atom is -0.314 e. The Kier molecular flexibility index (Phi) is 4.08. The zero-order valence-electron chi connectivity index (χ0n) is 10.2. The smallest absolute Gasteiger partial charge is 0.314 e. The van der Waals surface area contributed by atoms with Crippen molar-refractivity contribution >= 4 is 0 Å². The van der Waals surface area contributed by atoms with Crippen LogP contribution in [0.1, 0.15) is 17.2 Å². The molecular weight excluding hydrogens is 255 g/mol. The van der Waals surface area contributed by atoms with Gasteiger partial charge in [-0.2, -0.15) is 18.4 Å². The van der Waals surface area contributed by atoms with Gasteiger partial charge in [-0.1, -0.05) is 18.2 Å². The van der Waals surface area contributed by atoms with Gasteiger partial charge in [0.15, 0.2) is 0 Å². The average molecular weight is 269 g/mol. The van der Waals surface area contributed by atoms with Crippen molar-refractivity contribution in [1.82, 2.24) is 10.2 Å². The molecule has 0 spiro atoms. The standard InChI is InChI=1S/C13H14F3N3/c14-13(15,16)12(19-7-5-18-6-8-19)11-4-2-1-3-10(11)9-17/h1-4,12,18H,5-8H2/t12-/m0/s1. The second-order valence-electron chi connectivity index (χ2n) is 4.43. The van der Waals surface area contributed by atoms with Crippen LogP contribution >= 0.6 is 0 Å². The van der Waals surface area contributed by atoms with Crippen LogP contribution in [0.4, 0.5) is 13.2 Å². The fourth-order valence-corrected chi connectivity index (χ4v) is 2.36. The Bertz CT molecular complexity index is 473. The molecule has 6 heteroatoms. The predicted molar refractivity (Wildman–Crippen MR) is 64.4 cm³/mol. The predicted octanol–water partition coefficient (Wildman–Crippen LogP) is 2.07. The molecule has 0 amide bonds. The van der Waals surface area contributed by atoms with E-state index in [-0.39, 0.29) is 11.1 Å². The SMILES string of the molecule is N#Cc1ccccc1[C@H](N1CCNCC1)C(F)(F)F. The first kappa shape index (κ1) is 13.8. The minimum atomic E-state index is -4.38. The molecule has 2 rings (SSSR count). The first-order valence-corrected chi connectivity index (χ1v) is 6.04. The van der Waals surface area contributed by atoms with E-state index in [9.17, 15) is 13.2 Å². The molecule has 0 unspecified atom stereocenters. The number of hydrogen-bond donors (Lipinski definition) is 1. The summed E-state index contributed by atoms with van der Waals surface area (Å²) in [6.07, 6.45) is -4.38. The van der Waals surface area contributed by atoms with E-state index >= 15 is 0 Å². The van der Waals surface area contributed by atoms with Crippen LogP contribution in [0.3, 0.4) is 0 Å². The molecule has 1 aliphatic rings. The fourth-order valence-electron chi connectivity index (χ4n) is 2.36. The monoisotopic (exact) mass is 269 g/mol. The molecule has 1 aromatic carbocycles. The van der Waals surface area contributed by atoms with Crippen molar-refractivity contribution in [2.45, 2.75) is 12.2 Å². The number of hydrogen-bond acceptors (Lipinski definition) is 3. The zero-order chi connectivity index (χ0) is 13.9. The van der Waals surface area contributed by atoms with E-state index in [4.69, 9.17) is 5.26 Å². The van der Waals surface area contributed by atoms with Gasteiger partial charge in [0.05, 0.1) is 11.6 Å². The Hall–Kier alpha value is -1.58. The first-order chi connectivity index (χ1) is 9.04. The summed E-state index contributed by atoms with van der Waals surface area (Å²) in [7, 11) is 0. The van der Waals surface area contributed by atoms with Crippen LogP contribution in [-0.2, 0) is 0 Å². The first-order valence-electron chi connectivity index (χ1n) is 6.04. The highest BCUT2D eigenvalue weighted by Gasteiger charge is 2.45. The molecule has 19 heavy (non-hydrogen) atoms. The second-order valence-corrected chi connectivity index (χ2v) is 4.43. The molecule has 102 valence electrons. The van der Waals surface area contributed by atoms with Crippen molar-refractivity contribution in [2.24, 2.45) is 0 Å². The summed E-state index contributed by atoms with van der Waals surface area (Å²) in [6, 6.07) is 6.07. The van der Waals surface area contributed by atoms with Crippen molar-refractivity contribution in [3.8, 4) is 6.07 Å². The van der Waals surface area contributed by atoms with Crippen LogP contribution in [0.25, 0.3) is 0 Å². The molecular formula is C13H14F3N3. The van der Waals surface area contributed by atoms with Crippen molar-refractivity contribution < 1.29 is 13.2 Å². The van der Waals surface area contributed by atoms with Gasteiger partial charge in [-0.05, 0) is 11.6 Å². The lowest BCUT2D eigenvalue weighted by Gasteiger charge is -2.36. The van der Waals surface area contributed by atoms with E-state index in [1.165, 1.54) is 23.1 Å². The fraction of sp³-hybridized carbons (Fsp3) is 0.462. The van der Waals surface area contributed by atoms with E-state index in [1.54, 1.807) is 6.07 Å². The molecule has 0 aliphatic carbocycles. The van der Waals surface area contributed by atoms with Gasteiger partial charge in [-0.15, -0.1) is 0 Å². The number of nitrogens with one attached hydrogen (secondary N) is 1. The molecule has 0 radical (unpaired) electrons. The molecule has 0 saturated carbocycles. The Morgan fingerprint density at radius 1 is 1.21 bits per heavy atom. The summed E-state index contributed by atoms with van der Waals surface area (Å²) in [5.41, 5.74) is 0.128. The van der Waals surface area contributed by atoms with Crippen molar-refractivity contribution in [2.75, 3.05) is 26.2 Å². The molecule has 1 atom stereocenters. The van der Waals surface area contributed by atoms with E-state index in [1.807, 2.05) is 6.07 Å². The Labute approximate surface area is 109 Å². The number of benzene rings is 1. The molecule has 3 nitrogen and oxygen atoms in total. The van der Waals surface area contributed by atoms with Crippen molar-refractivity contribution in [3.63, 3.8) is 0 Å². The molecule has 0 aromatic heterocycles. The van der Waals surface area contributed by atoms with E-state index in [0.29, 0.717) is 26.2 Å². The van der Waals surface area contributed by atoms with Crippen LogP contribution < -0.4 is 5.32 Å². The largest absolute Gasteiger partial charge is 0.408 e. The molecule has 1 aliphatic heterocycles. The minimum absolute atomic E-state index is 0.0411. The van der Waals surface area contributed by atoms with Crippen LogP contribution in [0, 0.1) is 11.3 Å². The Morgan fingerprint density at radius 3 is 2.42 bits per heavy atom. The highest BCUT2D eigenvalue weighted by molar-refractivity contribution is 5.40. The van der Waals surface area contributed by atoms with Gasteiger partial charge >= 0.3 is 6.18 Å². The summed E-state index contributed by atoms with van der Waals surface area (Å²) in [5.74, 6) is 0. The van der Waals surface area contributed by atoms with Crippen LogP contribution in [-0.4, -0.2) is 37.3 Å². The summed E-state index contributed by atoms with van der Waals surface area (Å²) in [5, 5.41) is 12.0. The number of piperazine rings is 1. The van der Waals surface area contributed by atoms with Crippen molar-refractivity contribution in [1.29, 1.82) is 5.26 Å². The lowest BCUT2D eigenvalue weighted by atomic mass is 9.98. The molecule has 1 fully saturated rings. The molecule has 1 aromatic rings. The average Bonchev–Trinajstić information content (AvgIpc) is 2.39. The zero-order valence-corrected chi connectivity index (χ0v) is 10.2. The topological polar surface area (TPSA) is 39.1 Å². The van der Waals surface area contributed by atoms with Gasteiger partial charge in [-0.3, -0.25) is 4.90 Å². The maximum Gasteiger partial charge on any atom is 0.408 e. The maximum atomic E-state index is 13.3. The van der Waals surface area contributed by atoms with Gasteiger partial charge in [0.2, 0.25) is 0 Å². The van der Waals surface area contributed by atoms with Crippen LogP contribution in [0.5, 0.6) is 0 Å². The Morgan fingerprint density at radius 2 is 1.84 bits per heavy atom. The third kappa shape index (κ3) is 3.06. The third-order valence-electron chi connectivity index (χ3n) is 3.20. The molecule has 1 saturated heterocycles. The lowest BCUT2D eigenvalue weighted by Crippen LogP contribution is -2.49. The normalized spacial score (nSPS) is 18.8. The molecule has 0 bridgehead atoms.